The van der Waals surface area contributed by atoms with Gasteiger partial charge in [0.05, 0.1) is 0 Å². The zero-order valence-corrected chi connectivity index (χ0v) is 14.1. The first-order chi connectivity index (χ1) is 11.5. The third-order valence-electron chi connectivity index (χ3n) is 4.59. The fourth-order valence-electron chi connectivity index (χ4n) is 2.69. The van der Waals surface area contributed by atoms with Crippen LogP contribution in [0.3, 0.4) is 0 Å². The van der Waals surface area contributed by atoms with Crippen LogP contribution in [0.5, 0.6) is 0 Å². The molecule has 3 rings (SSSR count). The molecule has 0 spiro atoms. The molecule has 0 bridgehead atoms. The number of carbonyl (C=O) groups excluding carboxylic acids is 2. The molecule has 1 saturated carbocycles. The second-order valence-corrected chi connectivity index (χ2v) is 6.52. The van der Waals surface area contributed by atoms with E-state index in [2.05, 4.69) is 10.6 Å². The molecule has 2 aromatic rings. The van der Waals surface area contributed by atoms with Crippen molar-refractivity contribution in [1.29, 1.82) is 0 Å². The van der Waals surface area contributed by atoms with Crippen LogP contribution in [-0.2, 0) is 16.1 Å². The number of nitrogens with one attached hydrogen (secondary N) is 2. The molecule has 2 amide bonds. The number of aryl methyl sites for hydroxylation is 2. The maximum atomic E-state index is 12.6. The van der Waals surface area contributed by atoms with Gasteiger partial charge in [-0.2, -0.15) is 0 Å². The Balaban J connectivity index is 1.62. The van der Waals surface area contributed by atoms with Crippen molar-refractivity contribution < 1.29 is 9.59 Å². The summed E-state index contributed by atoms with van der Waals surface area (Å²) < 4.78 is 0. The Morgan fingerprint density at radius 1 is 0.958 bits per heavy atom. The molecule has 4 nitrogen and oxygen atoms in total. The number of benzene rings is 2. The molecule has 1 aliphatic rings. The standard InChI is InChI=1S/C20H22N2O2/c1-14-7-9-16(10-8-14)13-21-18(23)20(11-12-20)19(24)22-17-6-4-3-5-15(17)2/h3-10H,11-13H2,1-2H3,(H,21,23)(H,22,24). The van der Waals surface area contributed by atoms with Gasteiger partial charge in [0, 0.05) is 12.2 Å². The molecule has 24 heavy (non-hydrogen) atoms. The molecule has 0 aromatic heterocycles. The lowest BCUT2D eigenvalue weighted by Gasteiger charge is -2.16. The van der Waals surface area contributed by atoms with Gasteiger partial charge in [0.15, 0.2) is 0 Å². The van der Waals surface area contributed by atoms with Crippen molar-refractivity contribution in [3.63, 3.8) is 0 Å². The number of hydrogen-bond acceptors (Lipinski definition) is 2. The summed E-state index contributed by atoms with van der Waals surface area (Å²) in [4.78, 5) is 25.1. The van der Waals surface area contributed by atoms with Crippen LogP contribution in [0.15, 0.2) is 48.5 Å². The minimum absolute atomic E-state index is 0.186. The Labute approximate surface area is 142 Å². The zero-order valence-electron chi connectivity index (χ0n) is 14.1. The molecule has 124 valence electrons. The quantitative estimate of drug-likeness (QED) is 0.830. The fourth-order valence-corrected chi connectivity index (χ4v) is 2.69. The number of anilines is 1. The van der Waals surface area contributed by atoms with Gasteiger partial charge in [-0.1, -0.05) is 48.0 Å². The van der Waals surface area contributed by atoms with Crippen LogP contribution in [0.2, 0.25) is 0 Å². The lowest BCUT2D eigenvalue weighted by molar-refractivity contribution is -0.134. The lowest BCUT2D eigenvalue weighted by Crippen LogP contribution is -2.39. The highest BCUT2D eigenvalue weighted by Crippen LogP contribution is 2.47. The van der Waals surface area contributed by atoms with E-state index < -0.39 is 5.41 Å². The van der Waals surface area contributed by atoms with E-state index in [1.807, 2.05) is 62.4 Å². The number of para-hydroxylation sites is 1. The lowest BCUT2D eigenvalue weighted by atomic mass is 10.0. The van der Waals surface area contributed by atoms with Crippen LogP contribution < -0.4 is 10.6 Å². The molecule has 2 aromatic carbocycles. The predicted molar refractivity (Wildman–Crippen MR) is 94.5 cm³/mol. The van der Waals surface area contributed by atoms with Crippen molar-refractivity contribution >= 4 is 17.5 Å². The highest BCUT2D eigenvalue weighted by Gasteiger charge is 2.56. The van der Waals surface area contributed by atoms with Gasteiger partial charge >= 0.3 is 0 Å². The smallest absolute Gasteiger partial charge is 0.240 e. The largest absolute Gasteiger partial charge is 0.351 e. The van der Waals surface area contributed by atoms with Crippen LogP contribution in [0, 0.1) is 19.3 Å². The van der Waals surface area contributed by atoms with Gasteiger partial charge in [-0.15, -0.1) is 0 Å². The van der Waals surface area contributed by atoms with E-state index in [0.717, 1.165) is 16.8 Å². The Bertz CT molecular complexity index is 761. The first-order valence-corrected chi connectivity index (χ1v) is 8.22. The summed E-state index contributed by atoms with van der Waals surface area (Å²) in [6, 6.07) is 15.6. The summed E-state index contributed by atoms with van der Waals surface area (Å²) in [5.41, 5.74) is 3.06. The summed E-state index contributed by atoms with van der Waals surface area (Å²) in [6.45, 7) is 4.41. The van der Waals surface area contributed by atoms with E-state index in [0.29, 0.717) is 19.4 Å². The molecule has 0 saturated heterocycles. The van der Waals surface area contributed by atoms with E-state index in [9.17, 15) is 9.59 Å². The molecular formula is C20H22N2O2. The highest BCUT2D eigenvalue weighted by atomic mass is 16.2. The molecule has 1 fully saturated rings. The molecule has 0 radical (unpaired) electrons. The van der Waals surface area contributed by atoms with Gasteiger partial charge in [0.25, 0.3) is 0 Å². The van der Waals surface area contributed by atoms with Crippen LogP contribution in [0.1, 0.15) is 29.5 Å². The fraction of sp³-hybridized carbons (Fsp3) is 0.300. The van der Waals surface area contributed by atoms with E-state index in [1.54, 1.807) is 0 Å². The first-order valence-electron chi connectivity index (χ1n) is 8.22. The molecular weight excluding hydrogens is 300 g/mol. The predicted octanol–water partition coefficient (Wildman–Crippen LogP) is 3.34. The Morgan fingerprint density at radius 3 is 2.25 bits per heavy atom. The van der Waals surface area contributed by atoms with Gasteiger partial charge in [0.2, 0.25) is 11.8 Å². The van der Waals surface area contributed by atoms with Crippen molar-refractivity contribution in [2.45, 2.75) is 33.2 Å². The molecule has 2 N–H and O–H groups in total. The molecule has 4 heteroatoms. The van der Waals surface area contributed by atoms with Crippen LogP contribution in [-0.4, -0.2) is 11.8 Å². The van der Waals surface area contributed by atoms with Gasteiger partial charge < -0.3 is 10.6 Å². The van der Waals surface area contributed by atoms with Crippen molar-refractivity contribution in [1.82, 2.24) is 5.32 Å². The SMILES string of the molecule is Cc1ccc(CNC(=O)C2(C(=O)Nc3ccccc3C)CC2)cc1. The van der Waals surface area contributed by atoms with Gasteiger partial charge in [-0.3, -0.25) is 9.59 Å². The Morgan fingerprint density at radius 2 is 1.62 bits per heavy atom. The van der Waals surface area contributed by atoms with Crippen molar-refractivity contribution in [2.75, 3.05) is 5.32 Å². The third kappa shape index (κ3) is 3.32. The minimum Gasteiger partial charge on any atom is -0.351 e. The van der Waals surface area contributed by atoms with Crippen molar-refractivity contribution in [3.05, 3.63) is 65.2 Å². The second-order valence-electron chi connectivity index (χ2n) is 6.52. The number of carbonyl (C=O) groups is 2. The highest BCUT2D eigenvalue weighted by molar-refractivity contribution is 6.13. The average molecular weight is 322 g/mol. The summed E-state index contributed by atoms with van der Waals surface area (Å²) in [7, 11) is 0. The maximum absolute atomic E-state index is 12.6. The van der Waals surface area contributed by atoms with Crippen LogP contribution in [0.25, 0.3) is 0 Å². The number of rotatable bonds is 5. The summed E-state index contributed by atoms with van der Waals surface area (Å²) in [5.74, 6) is -0.396. The normalized spacial score (nSPS) is 14.8. The third-order valence-corrected chi connectivity index (χ3v) is 4.59. The Hall–Kier alpha value is -2.62. The number of hydrogen-bond donors (Lipinski definition) is 2. The first kappa shape index (κ1) is 16.2. The van der Waals surface area contributed by atoms with Crippen molar-refractivity contribution in [2.24, 2.45) is 5.41 Å². The average Bonchev–Trinajstić information content (AvgIpc) is 3.38. The van der Waals surface area contributed by atoms with Gasteiger partial charge in [0.1, 0.15) is 5.41 Å². The zero-order chi connectivity index (χ0) is 17.2. The van der Waals surface area contributed by atoms with E-state index in [4.69, 9.17) is 0 Å². The van der Waals surface area contributed by atoms with E-state index >= 15 is 0 Å². The van der Waals surface area contributed by atoms with Crippen LogP contribution >= 0.6 is 0 Å². The van der Waals surface area contributed by atoms with Gasteiger partial charge in [-0.25, -0.2) is 0 Å². The van der Waals surface area contributed by atoms with Gasteiger partial charge in [-0.05, 0) is 43.9 Å². The maximum Gasteiger partial charge on any atom is 0.240 e. The molecule has 0 heterocycles. The minimum atomic E-state index is -0.910. The number of amides is 2. The molecule has 0 atom stereocenters. The monoisotopic (exact) mass is 322 g/mol. The summed E-state index contributed by atoms with van der Waals surface area (Å²) >= 11 is 0. The summed E-state index contributed by atoms with van der Waals surface area (Å²) in [6.07, 6.45) is 1.20. The van der Waals surface area contributed by atoms with E-state index in [-0.39, 0.29) is 11.8 Å². The summed E-state index contributed by atoms with van der Waals surface area (Å²) in [5, 5.41) is 5.80. The second kappa shape index (κ2) is 6.48. The molecule has 1 aliphatic carbocycles. The van der Waals surface area contributed by atoms with Crippen LogP contribution in [0.4, 0.5) is 5.69 Å². The van der Waals surface area contributed by atoms with E-state index in [1.165, 1.54) is 5.56 Å². The molecule has 0 unspecified atom stereocenters. The Kier molecular flexibility index (Phi) is 4.38. The topological polar surface area (TPSA) is 58.2 Å². The van der Waals surface area contributed by atoms with Crippen molar-refractivity contribution in [3.8, 4) is 0 Å². The molecule has 0 aliphatic heterocycles.